The summed E-state index contributed by atoms with van der Waals surface area (Å²) in [5, 5.41) is 7.69. The van der Waals surface area contributed by atoms with Gasteiger partial charge in [0, 0.05) is 19.7 Å². The molecule has 2 heterocycles. The van der Waals surface area contributed by atoms with Crippen LogP contribution in [0.2, 0.25) is 0 Å². The number of aromatic nitrogens is 5. The molecule has 0 bridgehead atoms. The maximum atomic E-state index is 13.2. The second-order valence-corrected chi connectivity index (χ2v) is 5.56. The summed E-state index contributed by atoms with van der Waals surface area (Å²) in [6.07, 6.45) is 6.08. The van der Waals surface area contributed by atoms with Gasteiger partial charge in [-0.25, -0.2) is 14.1 Å². The molecule has 3 rings (SSSR count). The predicted molar refractivity (Wildman–Crippen MR) is 85.1 cm³/mol. The number of hydrogen-bond acceptors (Lipinski definition) is 7. The van der Waals surface area contributed by atoms with Crippen LogP contribution < -0.4 is 4.74 Å². The van der Waals surface area contributed by atoms with Gasteiger partial charge in [0.15, 0.2) is 5.72 Å². The molecule has 8 nitrogen and oxygen atoms in total. The van der Waals surface area contributed by atoms with E-state index in [2.05, 4.69) is 25.0 Å². The molecule has 0 spiro atoms. The van der Waals surface area contributed by atoms with Crippen LogP contribution in [0.15, 0.2) is 42.5 Å². The van der Waals surface area contributed by atoms with Crippen LogP contribution in [0.1, 0.15) is 17.8 Å². The molecular weight excluding hydrogens is 367 g/mol. The normalized spacial score (nSPS) is 19.4. The highest BCUT2D eigenvalue weighted by Crippen LogP contribution is 2.32. The van der Waals surface area contributed by atoms with Gasteiger partial charge in [-0.1, -0.05) is 5.21 Å². The molecule has 1 aliphatic carbocycles. The summed E-state index contributed by atoms with van der Waals surface area (Å²) in [6, 6.07) is 1.79. The Balaban J connectivity index is 1.71. The molecule has 27 heavy (non-hydrogen) atoms. The van der Waals surface area contributed by atoms with Gasteiger partial charge < -0.3 is 9.47 Å². The highest BCUT2D eigenvalue weighted by Gasteiger charge is 2.36. The largest absolute Gasteiger partial charge is 0.457 e. The van der Waals surface area contributed by atoms with Crippen molar-refractivity contribution in [3.63, 3.8) is 0 Å². The lowest BCUT2D eigenvalue weighted by Gasteiger charge is -2.30. The lowest BCUT2D eigenvalue weighted by atomic mass is 10.0. The fourth-order valence-corrected chi connectivity index (χ4v) is 2.42. The van der Waals surface area contributed by atoms with E-state index in [4.69, 9.17) is 9.47 Å². The number of allylic oxidation sites excluding steroid dienone is 2. The summed E-state index contributed by atoms with van der Waals surface area (Å²) in [6.45, 7) is -2.82. The summed E-state index contributed by atoms with van der Waals surface area (Å²) in [5.41, 5.74) is -0.697. The monoisotopic (exact) mass is 383 g/mol. The SMILES string of the molecule is COCc1ccnc(OCc2cn(C3(OC(F)F)C=CC(F)=CC3)nn2)n1. The van der Waals surface area contributed by atoms with Gasteiger partial charge in [-0.2, -0.15) is 13.8 Å². The van der Waals surface area contributed by atoms with Crippen molar-refractivity contribution in [2.24, 2.45) is 0 Å². The molecule has 0 saturated heterocycles. The Labute approximate surface area is 152 Å². The van der Waals surface area contributed by atoms with Crippen LogP contribution in [0.5, 0.6) is 6.01 Å². The Morgan fingerprint density at radius 3 is 2.85 bits per heavy atom. The van der Waals surface area contributed by atoms with Crippen molar-refractivity contribution in [2.75, 3.05) is 7.11 Å². The van der Waals surface area contributed by atoms with Gasteiger partial charge in [0.1, 0.15) is 18.1 Å². The van der Waals surface area contributed by atoms with E-state index < -0.39 is 18.2 Å². The number of halogens is 3. The summed E-state index contributed by atoms with van der Waals surface area (Å²) >= 11 is 0. The minimum absolute atomic E-state index is 0.0465. The Morgan fingerprint density at radius 2 is 2.15 bits per heavy atom. The maximum absolute atomic E-state index is 13.2. The van der Waals surface area contributed by atoms with Gasteiger partial charge in [0.25, 0.3) is 0 Å². The molecular formula is C16H16F3N5O3. The molecule has 0 aliphatic heterocycles. The fraction of sp³-hybridized carbons (Fsp3) is 0.375. The van der Waals surface area contributed by atoms with Crippen molar-refractivity contribution in [1.29, 1.82) is 0 Å². The minimum Gasteiger partial charge on any atom is -0.457 e. The van der Waals surface area contributed by atoms with Gasteiger partial charge in [-0.15, -0.1) is 5.10 Å². The number of ether oxygens (including phenoxy) is 3. The molecule has 0 fully saturated rings. The minimum atomic E-state index is -3.08. The van der Waals surface area contributed by atoms with Crippen LogP contribution in [0.3, 0.4) is 0 Å². The van der Waals surface area contributed by atoms with Crippen LogP contribution in [-0.4, -0.2) is 38.7 Å². The zero-order valence-electron chi connectivity index (χ0n) is 14.3. The smallest absolute Gasteiger partial charge is 0.347 e. The highest BCUT2D eigenvalue weighted by atomic mass is 19.3. The van der Waals surface area contributed by atoms with Crippen LogP contribution in [-0.2, 0) is 28.4 Å². The molecule has 0 saturated carbocycles. The number of nitrogens with zero attached hydrogens (tertiary/aromatic N) is 5. The van der Waals surface area contributed by atoms with E-state index in [0.717, 1.165) is 16.8 Å². The zero-order chi connectivity index (χ0) is 19.3. The quantitative estimate of drug-likeness (QED) is 0.692. The first kappa shape index (κ1) is 19.0. The predicted octanol–water partition coefficient (Wildman–Crippen LogP) is 2.50. The van der Waals surface area contributed by atoms with Crippen molar-refractivity contribution in [1.82, 2.24) is 25.0 Å². The topological polar surface area (TPSA) is 84.2 Å². The molecule has 0 N–H and O–H groups in total. The average molecular weight is 383 g/mol. The van der Waals surface area contributed by atoms with Crippen molar-refractivity contribution >= 4 is 0 Å². The van der Waals surface area contributed by atoms with E-state index in [9.17, 15) is 13.2 Å². The average Bonchev–Trinajstić information content (AvgIpc) is 3.12. The Kier molecular flexibility index (Phi) is 5.81. The van der Waals surface area contributed by atoms with Gasteiger partial charge in [0.2, 0.25) is 0 Å². The third kappa shape index (κ3) is 4.68. The zero-order valence-corrected chi connectivity index (χ0v) is 14.3. The summed E-state index contributed by atoms with van der Waals surface area (Å²) in [5.74, 6) is -0.541. The van der Waals surface area contributed by atoms with Gasteiger partial charge in [-0.05, 0) is 24.3 Å². The lowest BCUT2D eigenvalue weighted by Crippen LogP contribution is -2.37. The van der Waals surface area contributed by atoms with E-state index in [1.54, 1.807) is 13.2 Å². The molecule has 0 amide bonds. The van der Waals surface area contributed by atoms with E-state index >= 15 is 0 Å². The van der Waals surface area contributed by atoms with Crippen LogP contribution in [0.4, 0.5) is 13.2 Å². The summed E-state index contributed by atoms with van der Waals surface area (Å²) < 4.78 is 55.1. The number of rotatable bonds is 8. The Hall–Kier alpha value is -2.79. The van der Waals surface area contributed by atoms with Crippen molar-refractivity contribution in [2.45, 2.75) is 32.0 Å². The van der Waals surface area contributed by atoms with E-state index in [-0.39, 0.29) is 19.0 Å². The van der Waals surface area contributed by atoms with Crippen molar-refractivity contribution in [3.05, 3.63) is 53.9 Å². The number of alkyl halides is 2. The molecule has 1 unspecified atom stereocenters. The van der Waals surface area contributed by atoms with Gasteiger partial charge >= 0.3 is 12.6 Å². The first-order chi connectivity index (χ1) is 13.0. The van der Waals surface area contributed by atoms with Gasteiger partial charge in [-0.3, -0.25) is 4.74 Å². The molecule has 0 aromatic carbocycles. The van der Waals surface area contributed by atoms with E-state index in [1.165, 1.54) is 18.5 Å². The van der Waals surface area contributed by atoms with E-state index in [1.807, 2.05) is 0 Å². The Morgan fingerprint density at radius 1 is 1.30 bits per heavy atom. The summed E-state index contributed by atoms with van der Waals surface area (Å²) in [4.78, 5) is 8.10. The first-order valence-electron chi connectivity index (χ1n) is 7.87. The highest BCUT2D eigenvalue weighted by molar-refractivity contribution is 5.21. The first-order valence-corrected chi connectivity index (χ1v) is 7.87. The fourth-order valence-electron chi connectivity index (χ4n) is 2.42. The van der Waals surface area contributed by atoms with Crippen molar-refractivity contribution in [3.8, 4) is 6.01 Å². The molecule has 144 valence electrons. The Bertz CT molecular complexity index is 842. The third-order valence-corrected chi connectivity index (χ3v) is 3.65. The maximum Gasteiger partial charge on any atom is 0.347 e. The molecule has 1 atom stereocenters. The molecule has 11 heteroatoms. The van der Waals surface area contributed by atoms with Crippen LogP contribution in [0.25, 0.3) is 0 Å². The van der Waals surface area contributed by atoms with Crippen LogP contribution in [0, 0.1) is 0 Å². The second kappa shape index (κ2) is 8.27. The molecule has 2 aromatic heterocycles. The molecule has 2 aromatic rings. The number of hydrogen-bond donors (Lipinski definition) is 0. The molecule has 0 radical (unpaired) electrons. The third-order valence-electron chi connectivity index (χ3n) is 3.65. The second-order valence-electron chi connectivity index (χ2n) is 5.56. The van der Waals surface area contributed by atoms with E-state index in [0.29, 0.717) is 18.0 Å². The molecule has 1 aliphatic rings. The standard InChI is InChI=1S/C16H16F3N5O3/c1-25-9-12-4-7-20-15(21-12)26-10-13-8-24(23-22-13)16(27-14(18)19)5-2-11(17)3-6-16/h2-5,7-8,14H,6,9-10H2,1H3. The number of methoxy groups -OCH3 is 1. The summed E-state index contributed by atoms with van der Waals surface area (Å²) in [7, 11) is 1.54. The van der Waals surface area contributed by atoms with Gasteiger partial charge in [0.05, 0.1) is 18.5 Å². The van der Waals surface area contributed by atoms with Crippen LogP contribution >= 0.6 is 0 Å². The lowest BCUT2D eigenvalue weighted by molar-refractivity contribution is -0.225. The van der Waals surface area contributed by atoms with Crippen molar-refractivity contribution < 1.29 is 27.4 Å².